The molecule has 5 nitrogen and oxygen atoms in total. The van der Waals surface area contributed by atoms with Crippen molar-refractivity contribution >= 4 is 11.7 Å². The number of ether oxygens (including phenoxy) is 1. The molecule has 1 heterocycles. The van der Waals surface area contributed by atoms with Crippen LogP contribution >= 0.6 is 0 Å². The van der Waals surface area contributed by atoms with Crippen LogP contribution in [-0.2, 0) is 4.74 Å². The number of rotatable bonds is 5. The minimum atomic E-state index is -0.313. The first kappa shape index (κ1) is 16.7. The van der Waals surface area contributed by atoms with E-state index in [1.165, 1.54) is 12.1 Å². The molecule has 0 unspecified atom stereocenters. The van der Waals surface area contributed by atoms with Gasteiger partial charge in [0.2, 0.25) is 0 Å². The zero-order chi connectivity index (χ0) is 15.9. The smallest absolute Gasteiger partial charge is 0.322 e. The van der Waals surface area contributed by atoms with Gasteiger partial charge in [-0.25, -0.2) is 9.18 Å². The number of halogens is 1. The molecule has 1 N–H and O–H groups in total. The number of carbonyl (C=O) groups is 1. The molecule has 122 valence electrons. The van der Waals surface area contributed by atoms with Gasteiger partial charge >= 0.3 is 6.03 Å². The Morgan fingerprint density at radius 1 is 1.23 bits per heavy atom. The van der Waals surface area contributed by atoms with Gasteiger partial charge in [0, 0.05) is 38.0 Å². The molecule has 22 heavy (non-hydrogen) atoms. The summed E-state index contributed by atoms with van der Waals surface area (Å²) in [7, 11) is 3.97. The third kappa shape index (κ3) is 4.96. The zero-order valence-electron chi connectivity index (χ0n) is 13.2. The third-order valence-electron chi connectivity index (χ3n) is 3.78. The Labute approximate surface area is 131 Å². The third-order valence-corrected chi connectivity index (χ3v) is 3.78. The minimum absolute atomic E-state index is 0.139. The van der Waals surface area contributed by atoms with Gasteiger partial charge in [0.1, 0.15) is 5.82 Å². The first-order valence-electron chi connectivity index (χ1n) is 7.62. The van der Waals surface area contributed by atoms with Crippen LogP contribution in [-0.4, -0.2) is 62.3 Å². The molecular weight excluding hydrogens is 285 g/mol. The largest absolute Gasteiger partial charge is 0.381 e. The fourth-order valence-electron chi connectivity index (χ4n) is 2.48. The number of urea groups is 1. The molecule has 6 heteroatoms. The summed E-state index contributed by atoms with van der Waals surface area (Å²) in [6.07, 6.45) is 1.70. The quantitative estimate of drug-likeness (QED) is 0.908. The number of amides is 2. The van der Waals surface area contributed by atoms with E-state index in [9.17, 15) is 9.18 Å². The Hall–Kier alpha value is -1.66. The predicted octanol–water partition coefficient (Wildman–Crippen LogP) is 2.40. The number of nitrogens with one attached hydrogen (secondary N) is 1. The van der Waals surface area contributed by atoms with Gasteiger partial charge in [0.15, 0.2) is 0 Å². The Morgan fingerprint density at radius 3 is 2.45 bits per heavy atom. The minimum Gasteiger partial charge on any atom is -0.381 e. The molecule has 1 aliphatic heterocycles. The number of anilines is 1. The molecule has 2 rings (SSSR count). The highest BCUT2D eigenvalue weighted by Gasteiger charge is 2.25. The molecule has 1 fully saturated rings. The van der Waals surface area contributed by atoms with Crippen LogP contribution in [0.4, 0.5) is 14.9 Å². The molecule has 0 radical (unpaired) electrons. The number of benzene rings is 1. The van der Waals surface area contributed by atoms with Crippen LogP contribution in [0, 0.1) is 5.82 Å². The van der Waals surface area contributed by atoms with Crippen molar-refractivity contribution in [2.45, 2.75) is 18.9 Å². The van der Waals surface area contributed by atoms with Gasteiger partial charge < -0.3 is 19.9 Å². The molecule has 1 aromatic carbocycles. The SMILES string of the molecule is CN(C)CCN(C(=O)Nc1ccc(F)cc1)C1CCOCC1. The van der Waals surface area contributed by atoms with E-state index in [0.717, 1.165) is 19.4 Å². The van der Waals surface area contributed by atoms with Crippen molar-refractivity contribution in [3.8, 4) is 0 Å². The molecule has 1 aromatic rings. The molecule has 1 aliphatic rings. The second kappa shape index (κ2) is 8.10. The summed E-state index contributed by atoms with van der Waals surface area (Å²) in [6.45, 7) is 2.83. The zero-order valence-corrected chi connectivity index (χ0v) is 13.2. The van der Waals surface area contributed by atoms with E-state index in [1.807, 2.05) is 19.0 Å². The monoisotopic (exact) mass is 309 g/mol. The lowest BCUT2D eigenvalue weighted by molar-refractivity contribution is 0.0466. The molecule has 2 amide bonds. The van der Waals surface area contributed by atoms with Gasteiger partial charge in [-0.05, 0) is 51.2 Å². The summed E-state index contributed by atoms with van der Waals surface area (Å²) in [6, 6.07) is 5.87. The molecule has 0 atom stereocenters. The average Bonchev–Trinajstić information content (AvgIpc) is 2.50. The molecular formula is C16H24FN3O2. The van der Waals surface area contributed by atoms with Crippen LogP contribution < -0.4 is 5.32 Å². The number of nitrogens with zero attached hydrogens (tertiary/aromatic N) is 2. The Balaban J connectivity index is 2.01. The van der Waals surface area contributed by atoms with Crippen molar-refractivity contribution in [3.05, 3.63) is 30.1 Å². The van der Waals surface area contributed by atoms with Crippen LogP contribution in [0.15, 0.2) is 24.3 Å². The van der Waals surface area contributed by atoms with E-state index in [1.54, 1.807) is 12.1 Å². The summed E-state index contributed by atoms with van der Waals surface area (Å²) in [5.74, 6) is -0.313. The van der Waals surface area contributed by atoms with Crippen LogP contribution in [0.5, 0.6) is 0 Å². The standard InChI is InChI=1S/C16H24FN3O2/c1-19(2)9-10-20(15-7-11-22-12-8-15)16(21)18-14-5-3-13(17)4-6-14/h3-6,15H,7-12H2,1-2H3,(H,18,21). The van der Waals surface area contributed by atoms with Crippen molar-refractivity contribution in [3.63, 3.8) is 0 Å². The maximum absolute atomic E-state index is 12.9. The number of hydrogen-bond acceptors (Lipinski definition) is 3. The fourth-order valence-corrected chi connectivity index (χ4v) is 2.48. The van der Waals surface area contributed by atoms with E-state index in [-0.39, 0.29) is 17.9 Å². The second-order valence-electron chi connectivity index (χ2n) is 5.78. The van der Waals surface area contributed by atoms with Gasteiger partial charge in [-0.15, -0.1) is 0 Å². The number of likely N-dealkylation sites (N-methyl/N-ethyl adjacent to an activating group) is 1. The van der Waals surface area contributed by atoms with Gasteiger partial charge in [-0.1, -0.05) is 0 Å². The van der Waals surface area contributed by atoms with Crippen molar-refractivity contribution in [2.24, 2.45) is 0 Å². The lowest BCUT2D eigenvalue weighted by atomic mass is 10.1. The van der Waals surface area contributed by atoms with Gasteiger partial charge in [0.25, 0.3) is 0 Å². The Morgan fingerprint density at radius 2 is 1.86 bits per heavy atom. The first-order valence-corrected chi connectivity index (χ1v) is 7.62. The molecule has 1 saturated heterocycles. The maximum atomic E-state index is 12.9. The maximum Gasteiger partial charge on any atom is 0.322 e. The van der Waals surface area contributed by atoms with Gasteiger partial charge in [-0.2, -0.15) is 0 Å². The van der Waals surface area contributed by atoms with Crippen molar-refractivity contribution < 1.29 is 13.9 Å². The van der Waals surface area contributed by atoms with Crippen LogP contribution in [0.1, 0.15) is 12.8 Å². The molecule has 0 saturated carbocycles. The molecule has 0 spiro atoms. The summed E-state index contributed by atoms with van der Waals surface area (Å²) in [5, 5.41) is 2.85. The van der Waals surface area contributed by atoms with Crippen molar-refractivity contribution in [1.82, 2.24) is 9.80 Å². The van der Waals surface area contributed by atoms with Crippen molar-refractivity contribution in [2.75, 3.05) is 45.7 Å². The average molecular weight is 309 g/mol. The van der Waals surface area contributed by atoms with Gasteiger partial charge in [0.05, 0.1) is 0 Å². The Bertz CT molecular complexity index is 473. The topological polar surface area (TPSA) is 44.8 Å². The number of hydrogen-bond donors (Lipinski definition) is 1. The molecule has 0 aliphatic carbocycles. The molecule has 0 bridgehead atoms. The summed E-state index contributed by atoms with van der Waals surface area (Å²) in [5.41, 5.74) is 0.605. The lowest BCUT2D eigenvalue weighted by Crippen LogP contribution is -2.48. The highest BCUT2D eigenvalue weighted by Crippen LogP contribution is 2.17. The summed E-state index contributed by atoms with van der Waals surface area (Å²) in [4.78, 5) is 16.5. The summed E-state index contributed by atoms with van der Waals surface area (Å²) < 4.78 is 18.3. The highest BCUT2D eigenvalue weighted by atomic mass is 19.1. The van der Waals surface area contributed by atoms with E-state index in [0.29, 0.717) is 25.4 Å². The van der Waals surface area contributed by atoms with Gasteiger partial charge in [-0.3, -0.25) is 0 Å². The fraction of sp³-hybridized carbons (Fsp3) is 0.562. The van der Waals surface area contributed by atoms with Crippen molar-refractivity contribution in [1.29, 1.82) is 0 Å². The van der Waals surface area contributed by atoms with E-state index in [4.69, 9.17) is 4.74 Å². The van der Waals surface area contributed by atoms with E-state index >= 15 is 0 Å². The van der Waals surface area contributed by atoms with Crippen LogP contribution in [0.25, 0.3) is 0 Å². The van der Waals surface area contributed by atoms with Crippen LogP contribution in [0.2, 0.25) is 0 Å². The lowest BCUT2D eigenvalue weighted by Gasteiger charge is -2.35. The number of carbonyl (C=O) groups excluding carboxylic acids is 1. The summed E-state index contributed by atoms with van der Waals surface area (Å²) >= 11 is 0. The normalized spacial score (nSPS) is 15.8. The first-order chi connectivity index (χ1) is 10.6. The van der Waals surface area contributed by atoms with E-state index < -0.39 is 0 Å². The highest BCUT2D eigenvalue weighted by molar-refractivity contribution is 5.89. The second-order valence-corrected chi connectivity index (χ2v) is 5.78. The molecule has 0 aromatic heterocycles. The van der Waals surface area contributed by atoms with E-state index in [2.05, 4.69) is 10.2 Å². The predicted molar refractivity (Wildman–Crippen MR) is 84.5 cm³/mol. The Kier molecular flexibility index (Phi) is 6.15. The van der Waals surface area contributed by atoms with Crippen LogP contribution in [0.3, 0.4) is 0 Å².